The molecule has 0 radical (unpaired) electrons. The summed E-state index contributed by atoms with van der Waals surface area (Å²) in [6.07, 6.45) is 0. The van der Waals surface area contributed by atoms with Gasteiger partial charge in [0.1, 0.15) is 0 Å². The van der Waals surface area contributed by atoms with Crippen molar-refractivity contribution in [3.05, 3.63) is 0 Å². The second-order valence-corrected chi connectivity index (χ2v) is 4.39. The number of aromatic amines is 1. The molecule has 1 aromatic heterocycles. The molecule has 11 heavy (non-hydrogen) atoms. The zero-order valence-electron chi connectivity index (χ0n) is 5.63. The van der Waals surface area contributed by atoms with Crippen LogP contribution >= 0.6 is 23.5 Å². The Morgan fingerprint density at radius 3 is 1.91 bits per heavy atom. The standard InChI is InChI=1S/C6H7NO2S2/c8-5-3-4(6(9)7-5)11-2-1-10-3/h7-9H,1-2H2. The molecule has 0 bridgehead atoms. The van der Waals surface area contributed by atoms with Crippen molar-refractivity contribution in [3.8, 4) is 11.8 Å². The highest BCUT2D eigenvalue weighted by molar-refractivity contribution is 8.05. The molecule has 3 N–H and O–H groups in total. The highest BCUT2D eigenvalue weighted by Crippen LogP contribution is 2.46. The quantitative estimate of drug-likeness (QED) is 0.580. The Bertz CT molecular complexity index is 258. The van der Waals surface area contributed by atoms with Crippen molar-refractivity contribution >= 4 is 23.5 Å². The molecule has 5 heteroatoms. The third kappa shape index (κ3) is 1.08. The summed E-state index contributed by atoms with van der Waals surface area (Å²) in [7, 11) is 0. The summed E-state index contributed by atoms with van der Waals surface area (Å²) in [6.45, 7) is 0. The monoisotopic (exact) mass is 189 g/mol. The van der Waals surface area contributed by atoms with Gasteiger partial charge in [-0.15, -0.1) is 23.5 Å². The van der Waals surface area contributed by atoms with Gasteiger partial charge in [0.25, 0.3) is 0 Å². The van der Waals surface area contributed by atoms with Crippen LogP contribution in [0.25, 0.3) is 0 Å². The van der Waals surface area contributed by atoms with E-state index < -0.39 is 0 Å². The molecule has 0 aromatic carbocycles. The molecule has 0 amide bonds. The van der Waals surface area contributed by atoms with E-state index in [2.05, 4.69) is 4.98 Å². The van der Waals surface area contributed by atoms with Crippen LogP contribution in [0.5, 0.6) is 11.8 Å². The summed E-state index contributed by atoms with van der Waals surface area (Å²) in [4.78, 5) is 4.07. The Kier molecular flexibility index (Phi) is 1.69. The minimum Gasteiger partial charge on any atom is -0.494 e. The summed E-state index contributed by atoms with van der Waals surface area (Å²) < 4.78 is 0. The Labute approximate surface area is 72.2 Å². The molecular formula is C6H7NO2S2. The van der Waals surface area contributed by atoms with Gasteiger partial charge < -0.3 is 10.2 Å². The molecule has 0 atom stereocenters. The van der Waals surface area contributed by atoms with Crippen LogP contribution in [-0.4, -0.2) is 26.7 Å². The van der Waals surface area contributed by atoms with E-state index in [1.807, 2.05) is 0 Å². The fourth-order valence-electron chi connectivity index (χ4n) is 0.996. The average molecular weight is 189 g/mol. The molecule has 3 nitrogen and oxygen atoms in total. The third-order valence-electron chi connectivity index (χ3n) is 1.45. The SMILES string of the molecule is Oc1[nH]c(O)c2c1SCCS2. The molecule has 0 saturated carbocycles. The number of H-pyrrole nitrogens is 1. The van der Waals surface area contributed by atoms with Crippen molar-refractivity contribution in [1.82, 2.24) is 4.98 Å². The van der Waals surface area contributed by atoms with E-state index in [0.717, 1.165) is 21.3 Å². The van der Waals surface area contributed by atoms with Crippen LogP contribution in [0.1, 0.15) is 0 Å². The lowest BCUT2D eigenvalue weighted by Gasteiger charge is -2.08. The van der Waals surface area contributed by atoms with Gasteiger partial charge in [0.05, 0.1) is 9.79 Å². The first-order valence-electron chi connectivity index (χ1n) is 3.18. The summed E-state index contributed by atoms with van der Waals surface area (Å²) in [6, 6.07) is 0. The van der Waals surface area contributed by atoms with Crippen LogP contribution in [0.4, 0.5) is 0 Å². The lowest BCUT2D eigenvalue weighted by molar-refractivity contribution is 0.419. The maximum atomic E-state index is 9.23. The predicted octanol–water partition coefficient (Wildman–Crippen LogP) is 1.62. The number of aromatic nitrogens is 1. The van der Waals surface area contributed by atoms with Crippen LogP contribution in [0.2, 0.25) is 0 Å². The fourth-order valence-corrected chi connectivity index (χ4v) is 3.26. The molecule has 60 valence electrons. The first-order valence-corrected chi connectivity index (χ1v) is 5.15. The van der Waals surface area contributed by atoms with E-state index >= 15 is 0 Å². The van der Waals surface area contributed by atoms with Gasteiger partial charge in [-0.25, -0.2) is 0 Å². The van der Waals surface area contributed by atoms with E-state index in [1.165, 1.54) is 0 Å². The molecule has 0 fully saturated rings. The van der Waals surface area contributed by atoms with Crippen molar-refractivity contribution in [3.63, 3.8) is 0 Å². The summed E-state index contributed by atoms with van der Waals surface area (Å²) in [5.41, 5.74) is 0. The summed E-state index contributed by atoms with van der Waals surface area (Å²) in [5, 5.41) is 18.5. The zero-order chi connectivity index (χ0) is 7.84. The van der Waals surface area contributed by atoms with Crippen LogP contribution in [0.3, 0.4) is 0 Å². The highest BCUT2D eigenvalue weighted by atomic mass is 32.2. The van der Waals surface area contributed by atoms with Crippen molar-refractivity contribution < 1.29 is 10.2 Å². The molecule has 0 unspecified atom stereocenters. The lowest BCUT2D eigenvalue weighted by Crippen LogP contribution is -1.90. The number of rotatable bonds is 0. The first kappa shape index (κ1) is 7.24. The van der Waals surface area contributed by atoms with Crippen LogP contribution < -0.4 is 0 Å². The average Bonchev–Trinajstić information content (AvgIpc) is 2.30. The first-order chi connectivity index (χ1) is 5.29. The van der Waals surface area contributed by atoms with Crippen molar-refractivity contribution in [2.24, 2.45) is 0 Å². The largest absolute Gasteiger partial charge is 0.494 e. The normalized spacial score (nSPS) is 16.4. The number of hydrogen-bond acceptors (Lipinski definition) is 4. The van der Waals surface area contributed by atoms with Crippen LogP contribution in [-0.2, 0) is 0 Å². The van der Waals surface area contributed by atoms with Crippen molar-refractivity contribution in [2.75, 3.05) is 11.5 Å². The third-order valence-corrected chi connectivity index (χ3v) is 4.03. The molecule has 2 rings (SSSR count). The van der Waals surface area contributed by atoms with Crippen LogP contribution in [0.15, 0.2) is 9.79 Å². The van der Waals surface area contributed by atoms with Gasteiger partial charge in [-0.05, 0) is 0 Å². The van der Waals surface area contributed by atoms with Gasteiger partial charge in [0.2, 0.25) is 11.8 Å². The minimum absolute atomic E-state index is 0.0923. The maximum Gasteiger partial charge on any atom is 0.206 e. The number of aromatic hydroxyl groups is 2. The van der Waals surface area contributed by atoms with Gasteiger partial charge in [-0.1, -0.05) is 0 Å². The van der Waals surface area contributed by atoms with Gasteiger partial charge in [-0.3, -0.25) is 4.98 Å². The van der Waals surface area contributed by atoms with Gasteiger partial charge in [0.15, 0.2) is 0 Å². The summed E-state index contributed by atoms with van der Waals surface area (Å²) in [5.74, 6) is 2.16. The molecule has 0 saturated heterocycles. The molecule has 0 spiro atoms. The Morgan fingerprint density at radius 2 is 1.45 bits per heavy atom. The molecule has 0 aliphatic carbocycles. The second-order valence-electron chi connectivity index (χ2n) is 2.18. The Hall–Kier alpha value is -0.420. The number of fused-ring (bicyclic) bond motifs is 1. The van der Waals surface area contributed by atoms with E-state index in [-0.39, 0.29) is 11.8 Å². The van der Waals surface area contributed by atoms with E-state index in [4.69, 9.17) is 0 Å². The van der Waals surface area contributed by atoms with Gasteiger partial charge in [0, 0.05) is 11.5 Å². The lowest BCUT2D eigenvalue weighted by atomic mass is 10.6. The van der Waals surface area contributed by atoms with Gasteiger partial charge >= 0.3 is 0 Å². The van der Waals surface area contributed by atoms with Crippen LogP contribution in [0, 0.1) is 0 Å². The molecule has 1 aromatic rings. The molecule has 1 aliphatic rings. The van der Waals surface area contributed by atoms with E-state index in [9.17, 15) is 10.2 Å². The minimum atomic E-state index is 0.0923. The second kappa shape index (κ2) is 2.57. The number of thioether (sulfide) groups is 2. The Morgan fingerprint density at radius 1 is 1.00 bits per heavy atom. The predicted molar refractivity (Wildman–Crippen MR) is 45.6 cm³/mol. The van der Waals surface area contributed by atoms with E-state index in [1.54, 1.807) is 23.5 Å². The van der Waals surface area contributed by atoms with Crippen molar-refractivity contribution in [2.45, 2.75) is 9.79 Å². The van der Waals surface area contributed by atoms with Crippen molar-refractivity contribution in [1.29, 1.82) is 0 Å². The number of nitrogens with one attached hydrogen (secondary N) is 1. The molecular weight excluding hydrogens is 182 g/mol. The maximum absolute atomic E-state index is 9.23. The smallest absolute Gasteiger partial charge is 0.206 e. The van der Waals surface area contributed by atoms with E-state index in [0.29, 0.717) is 0 Å². The topological polar surface area (TPSA) is 56.2 Å². The number of hydrogen-bond donors (Lipinski definition) is 3. The summed E-state index contributed by atoms with van der Waals surface area (Å²) >= 11 is 3.15. The Balaban J connectivity index is 2.52. The fraction of sp³-hybridized carbons (Fsp3) is 0.333. The highest BCUT2D eigenvalue weighted by Gasteiger charge is 2.20. The molecule has 2 heterocycles. The zero-order valence-corrected chi connectivity index (χ0v) is 7.26. The van der Waals surface area contributed by atoms with Gasteiger partial charge in [-0.2, -0.15) is 0 Å². The molecule has 1 aliphatic heterocycles.